The number of thiazole rings is 1. The number of halogens is 2. The van der Waals surface area contributed by atoms with Crippen LogP contribution < -0.4 is 5.43 Å². The highest BCUT2D eigenvalue weighted by Gasteiger charge is 2.11. The van der Waals surface area contributed by atoms with Crippen molar-refractivity contribution in [3.05, 3.63) is 105 Å². The van der Waals surface area contributed by atoms with E-state index in [4.69, 9.17) is 16.7 Å². The number of benzene rings is 3. The third-order valence-corrected chi connectivity index (χ3v) is 6.42. The highest BCUT2D eigenvalue weighted by molar-refractivity contribution is 9.10. The number of hydrazone groups is 1. The van der Waals surface area contributed by atoms with Crippen LogP contribution in [0.1, 0.15) is 5.56 Å². The minimum absolute atomic E-state index is 0.703. The Morgan fingerprint density at radius 1 is 0.939 bits per heavy atom. The van der Waals surface area contributed by atoms with Crippen molar-refractivity contribution in [3.63, 3.8) is 0 Å². The fourth-order valence-corrected chi connectivity index (χ4v) is 4.32. The third kappa shape index (κ3) is 5.06. The average molecular weight is 535 g/mol. The second kappa shape index (κ2) is 9.70. The Balaban J connectivity index is 1.41. The van der Waals surface area contributed by atoms with Gasteiger partial charge in [-0.05, 0) is 36.4 Å². The largest absolute Gasteiger partial charge is 0.253 e. The molecule has 8 heteroatoms. The molecule has 0 aliphatic carbocycles. The number of nitrogens with one attached hydrogen (secondary N) is 1. The molecule has 1 N–H and O–H groups in total. The van der Waals surface area contributed by atoms with Crippen LogP contribution in [-0.2, 0) is 0 Å². The highest BCUT2D eigenvalue weighted by atomic mass is 79.9. The Kier molecular flexibility index (Phi) is 6.35. The molecule has 3 aromatic carbocycles. The van der Waals surface area contributed by atoms with Crippen molar-refractivity contribution in [2.45, 2.75) is 0 Å². The van der Waals surface area contributed by atoms with Crippen LogP contribution in [0.2, 0.25) is 5.02 Å². The average Bonchev–Trinajstić information content (AvgIpc) is 3.49. The first-order valence-electron chi connectivity index (χ1n) is 10.1. The third-order valence-electron chi connectivity index (χ3n) is 4.89. The normalized spacial score (nSPS) is 11.2. The number of rotatable bonds is 6. The summed E-state index contributed by atoms with van der Waals surface area (Å²) < 4.78 is 2.88. The lowest BCUT2D eigenvalue weighted by molar-refractivity contribution is 0.884. The summed E-state index contributed by atoms with van der Waals surface area (Å²) >= 11 is 11.0. The first-order chi connectivity index (χ1) is 16.2. The Morgan fingerprint density at radius 3 is 2.42 bits per heavy atom. The number of anilines is 1. The lowest BCUT2D eigenvalue weighted by atomic mass is 10.1. The van der Waals surface area contributed by atoms with Crippen LogP contribution in [0, 0.1) is 0 Å². The van der Waals surface area contributed by atoms with Gasteiger partial charge in [0.25, 0.3) is 0 Å². The molecule has 33 heavy (non-hydrogen) atoms. The maximum Gasteiger partial charge on any atom is 0.203 e. The molecule has 0 saturated carbocycles. The van der Waals surface area contributed by atoms with Crippen LogP contribution >= 0.6 is 38.9 Å². The van der Waals surface area contributed by atoms with Gasteiger partial charge in [0.1, 0.15) is 5.69 Å². The van der Waals surface area contributed by atoms with Crippen molar-refractivity contribution in [2.75, 3.05) is 5.43 Å². The lowest BCUT2D eigenvalue weighted by Crippen LogP contribution is -1.93. The smallest absolute Gasteiger partial charge is 0.203 e. The van der Waals surface area contributed by atoms with E-state index in [1.807, 2.05) is 95.1 Å². The predicted octanol–water partition coefficient (Wildman–Crippen LogP) is 7.52. The first-order valence-corrected chi connectivity index (χ1v) is 12.1. The molecule has 0 aliphatic rings. The molecule has 0 aliphatic heterocycles. The van der Waals surface area contributed by atoms with Crippen LogP contribution in [0.4, 0.5) is 5.13 Å². The van der Waals surface area contributed by atoms with Crippen molar-refractivity contribution in [2.24, 2.45) is 5.10 Å². The summed E-state index contributed by atoms with van der Waals surface area (Å²) in [5.74, 6) is 0. The number of para-hydroxylation sites is 1. The van der Waals surface area contributed by atoms with Gasteiger partial charge in [0.2, 0.25) is 5.13 Å². The minimum atomic E-state index is 0.703. The summed E-state index contributed by atoms with van der Waals surface area (Å²) in [6, 6.07) is 25.7. The van der Waals surface area contributed by atoms with Gasteiger partial charge in [-0.25, -0.2) is 9.67 Å². The fraction of sp³-hybridized carbons (Fsp3) is 0. The molecule has 5 aromatic rings. The van der Waals surface area contributed by atoms with Crippen molar-refractivity contribution in [1.29, 1.82) is 0 Å². The quantitative estimate of drug-likeness (QED) is 0.181. The number of hydrogen-bond acceptors (Lipinski definition) is 5. The standard InChI is InChI=1S/C25H17BrClN5S/c26-20-10-6-18(7-11-20)24-19(15-32(31-24)22-4-2-1-3-5-22)14-28-30-25-29-23(16-33-25)17-8-12-21(27)13-9-17/h1-16H,(H,29,30)/b28-14-. The molecule has 5 nitrogen and oxygen atoms in total. The molecule has 0 bridgehead atoms. The Bertz CT molecular complexity index is 1390. The van der Waals surface area contributed by atoms with E-state index in [1.165, 1.54) is 11.3 Å². The zero-order valence-corrected chi connectivity index (χ0v) is 20.3. The number of hydrogen-bond donors (Lipinski definition) is 1. The van der Waals surface area contributed by atoms with Crippen molar-refractivity contribution >= 4 is 50.2 Å². The van der Waals surface area contributed by atoms with Crippen LogP contribution in [0.3, 0.4) is 0 Å². The molecule has 0 spiro atoms. The lowest BCUT2D eigenvalue weighted by Gasteiger charge is -2.00. The molecule has 5 rings (SSSR count). The molecule has 0 atom stereocenters. The topological polar surface area (TPSA) is 55.1 Å². The van der Waals surface area contributed by atoms with Crippen LogP contribution in [-0.4, -0.2) is 21.0 Å². The Labute approximate surface area is 208 Å². The first kappa shape index (κ1) is 21.6. The molecular weight excluding hydrogens is 518 g/mol. The number of aromatic nitrogens is 3. The zero-order valence-electron chi connectivity index (χ0n) is 17.2. The zero-order chi connectivity index (χ0) is 22.6. The molecule has 162 valence electrons. The van der Waals surface area contributed by atoms with Gasteiger partial charge in [0.15, 0.2) is 0 Å². The summed E-state index contributed by atoms with van der Waals surface area (Å²) in [6.07, 6.45) is 3.74. The second-order valence-electron chi connectivity index (χ2n) is 7.13. The van der Waals surface area contributed by atoms with E-state index in [0.717, 1.165) is 38.2 Å². The van der Waals surface area contributed by atoms with Gasteiger partial charge in [-0.3, -0.25) is 5.43 Å². The summed E-state index contributed by atoms with van der Waals surface area (Å²) in [7, 11) is 0. The van der Waals surface area contributed by atoms with E-state index in [9.17, 15) is 0 Å². The van der Waals surface area contributed by atoms with Gasteiger partial charge < -0.3 is 0 Å². The molecule has 0 unspecified atom stereocenters. The monoisotopic (exact) mass is 533 g/mol. The van der Waals surface area contributed by atoms with E-state index in [0.29, 0.717) is 10.2 Å². The fourth-order valence-electron chi connectivity index (χ4n) is 3.26. The van der Waals surface area contributed by atoms with Gasteiger partial charge in [0.05, 0.1) is 17.6 Å². The van der Waals surface area contributed by atoms with Crippen LogP contribution in [0.15, 0.2) is 100 Å². The summed E-state index contributed by atoms with van der Waals surface area (Å²) in [5, 5.41) is 12.6. The van der Waals surface area contributed by atoms with Gasteiger partial charge in [-0.1, -0.05) is 70.0 Å². The second-order valence-corrected chi connectivity index (χ2v) is 9.35. The molecule has 2 heterocycles. The summed E-state index contributed by atoms with van der Waals surface area (Å²) in [6.45, 7) is 0. The predicted molar refractivity (Wildman–Crippen MR) is 140 cm³/mol. The molecule has 0 saturated heterocycles. The number of nitrogens with zero attached hydrogens (tertiary/aromatic N) is 4. The van der Waals surface area contributed by atoms with E-state index < -0.39 is 0 Å². The van der Waals surface area contributed by atoms with Gasteiger partial charge in [-0.15, -0.1) is 11.3 Å². The summed E-state index contributed by atoms with van der Waals surface area (Å²) in [5.41, 5.74) is 8.65. The Morgan fingerprint density at radius 2 is 1.67 bits per heavy atom. The van der Waals surface area contributed by atoms with Crippen LogP contribution in [0.5, 0.6) is 0 Å². The Hall–Kier alpha value is -3.26. The van der Waals surface area contributed by atoms with Crippen LogP contribution in [0.25, 0.3) is 28.2 Å². The maximum atomic E-state index is 5.98. The van der Waals surface area contributed by atoms with Gasteiger partial charge >= 0.3 is 0 Å². The van der Waals surface area contributed by atoms with Crippen molar-refractivity contribution in [3.8, 4) is 28.2 Å². The van der Waals surface area contributed by atoms with E-state index in [1.54, 1.807) is 6.21 Å². The van der Waals surface area contributed by atoms with Crippen molar-refractivity contribution < 1.29 is 0 Å². The SMILES string of the molecule is Clc1ccc(-c2csc(N/N=C\c3cn(-c4ccccc4)nc3-c3ccc(Br)cc3)n2)cc1. The molecular formula is C25H17BrClN5S. The van der Waals surface area contributed by atoms with Gasteiger partial charge in [0, 0.05) is 37.8 Å². The van der Waals surface area contributed by atoms with E-state index in [-0.39, 0.29) is 0 Å². The minimum Gasteiger partial charge on any atom is -0.253 e. The highest BCUT2D eigenvalue weighted by Crippen LogP contribution is 2.27. The molecule has 0 fully saturated rings. The van der Waals surface area contributed by atoms with E-state index in [2.05, 4.69) is 31.4 Å². The molecule has 2 aromatic heterocycles. The van der Waals surface area contributed by atoms with Crippen molar-refractivity contribution in [1.82, 2.24) is 14.8 Å². The molecule has 0 amide bonds. The summed E-state index contributed by atoms with van der Waals surface area (Å²) in [4.78, 5) is 4.61. The maximum absolute atomic E-state index is 5.98. The molecule has 0 radical (unpaired) electrons. The van der Waals surface area contributed by atoms with Gasteiger partial charge in [-0.2, -0.15) is 10.2 Å². The van der Waals surface area contributed by atoms with E-state index >= 15 is 0 Å².